The van der Waals surface area contributed by atoms with Gasteiger partial charge in [-0.2, -0.15) is 0 Å². The second-order valence-electron chi connectivity index (χ2n) is 4.37. The van der Waals surface area contributed by atoms with Crippen molar-refractivity contribution in [3.05, 3.63) is 17.8 Å². The minimum atomic E-state index is -0.437. The minimum Gasteiger partial charge on any atom is -0.465 e. The molecular formula is C13H21N3O2. The Morgan fingerprint density at radius 1 is 1.61 bits per heavy atom. The topological polar surface area (TPSA) is 68.5 Å². The number of rotatable bonds is 5. The summed E-state index contributed by atoms with van der Waals surface area (Å²) in [7, 11) is 3.30. The number of nitrogen functional groups attached to an aromatic ring is 1. The zero-order chi connectivity index (χ0) is 13.7. The number of pyridine rings is 1. The van der Waals surface area contributed by atoms with Crippen molar-refractivity contribution in [2.24, 2.45) is 0 Å². The summed E-state index contributed by atoms with van der Waals surface area (Å²) >= 11 is 0. The van der Waals surface area contributed by atoms with Crippen molar-refractivity contribution in [1.82, 2.24) is 4.98 Å². The number of carbonyl (C=O) groups is 1. The molecular weight excluding hydrogens is 230 g/mol. The molecule has 5 heteroatoms. The zero-order valence-electron chi connectivity index (χ0n) is 11.4. The van der Waals surface area contributed by atoms with E-state index in [0.717, 1.165) is 18.7 Å². The molecule has 1 aromatic heterocycles. The predicted molar refractivity (Wildman–Crippen MR) is 72.8 cm³/mol. The van der Waals surface area contributed by atoms with Gasteiger partial charge >= 0.3 is 5.97 Å². The zero-order valence-corrected chi connectivity index (χ0v) is 11.4. The molecule has 2 N–H and O–H groups in total. The van der Waals surface area contributed by atoms with E-state index >= 15 is 0 Å². The summed E-state index contributed by atoms with van der Waals surface area (Å²) in [6.45, 7) is 4.26. The van der Waals surface area contributed by atoms with Crippen LogP contribution in [0, 0.1) is 0 Å². The Morgan fingerprint density at radius 3 is 2.83 bits per heavy atom. The van der Waals surface area contributed by atoms with Gasteiger partial charge in [-0.05, 0) is 19.4 Å². The van der Waals surface area contributed by atoms with E-state index in [2.05, 4.69) is 18.8 Å². The molecule has 0 aliphatic heterocycles. The largest absolute Gasteiger partial charge is 0.465 e. The number of aromatic nitrogens is 1. The first-order valence-electron chi connectivity index (χ1n) is 6.07. The average molecular weight is 251 g/mol. The SMILES string of the molecule is CCCC(C)N(C)c1cc(C(=O)OC)c(N)cn1. The smallest absolute Gasteiger partial charge is 0.340 e. The fourth-order valence-corrected chi connectivity index (χ4v) is 1.77. The maximum Gasteiger partial charge on any atom is 0.340 e. The van der Waals surface area contributed by atoms with E-state index in [1.54, 1.807) is 6.07 Å². The van der Waals surface area contributed by atoms with Crippen LogP contribution < -0.4 is 10.6 Å². The van der Waals surface area contributed by atoms with Crippen LogP contribution >= 0.6 is 0 Å². The third kappa shape index (κ3) is 3.12. The van der Waals surface area contributed by atoms with Crippen molar-refractivity contribution in [3.8, 4) is 0 Å². The Labute approximate surface area is 108 Å². The number of hydrogen-bond acceptors (Lipinski definition) is 5. The molecule has 0 radical (unpaired) electrons. The molecule has 100 valence electrons. The van der Waals surface area contributed by atoms with Gasteiger partial charge < -0.3 is 15.4 Å². The molecule has 1 heterocycles. The van der Waals surface area contributed by atoms with Crippen LogP contribution in [-0.2, 0) is 4.74 Å². The van der Waals surface area contributed by atoms with Gasteiger partial charge in [0.2, 0.25) is 0 Å². The molecule has 5 nitrogen and oxygen atoms in total. The van der Waals surface area contributed by atoms with Crippen molar-refractivity contribution >= 4 is 17.5 Å². The molecule has 18 heavy (non-hydrogen) atoms. The van der Waals surface area contributed by atoms with Crippen molar-refractivity contribution in [3.63, 3.8) is 0 Å². The number of ether oxygens (including phenoxy) is 1. The molecule has 0 fully saturated rings. The summed E-state index contributed by atoms with van der Waals surface area (Å²) in [5.74, 6) is 0.290. The Morgan fingerprint density at radius 2 is 2.28 bits per heavy atom. The van der Waals surface area contributed by atoms with Crippen LogP contribution in [0.3, 0.4) is 0 Å². The lowest BCUT2D eigenvalue weighted by Crippen LogP contribution is -2.29. The van der Waals surface area contributed by atoms with Gasteiger partial charge in [0.05, 0.1) is 24.6 Å². The van der Waals surface area contributed by atoms with Crippen LogP contribution in [0.4, 0.5) is 11.5 Å². The van der Waals surface area contributed by atoms with E-state index in [0.29, 0.717) is 17.3 Å². The van der Waals surface area contributed by atoms with Crippen LogP contribution in [0.2, 0.25) is 0 Å². The number of hydrogen-bond donors (Lipinski definition) is 1. The minimum absolute atomic E-state index is 0.335. The van der Waals surface area contributed by atoms with Gasteiger partial charge in [-0.15, -0.1) is 0 Å². The van der Waals surface area contributed by atoms with E-state index in [1.807, 2.05) is 11.9 Å². The number of nitrogens with zero attached hydrogens (tertiary/aromatic N) is 2. The average Bonchev–Trinajstić information content (AvgIpc) is 2.38. The van der Waals surface area contributed by atoms with E-state index in [1.165, 1.54) is 13.3 Å². The van der Waals surface area contributed by atoms with Crippen LogP contribution in [0.5, 0.6) is 0 Å². The lowest BCUT2D eigenvalue weighted by molar-refractivity contribution is 0.0602. The highest BCUT2D eigenvalue weighted by molar-refractivity contribution is 5.95. The Hall–Kier alpha value is -1.78. The Bertz CT molecular complexity index is 421. The molecule has 1 atom stereocenters. The van der Waals surface area contributed by atoms with Crippen molar-refractivity contribution in [1.29, 1.82) is 0 Å². The first kappa shape index (κ1) is 14.3. The number of carbonyl (C=O) groups excluding carboxylic acids is 1. The molecule has 0 spiro atoms. The maximum atomic E-state index is 11.6. The van der Waals surface area contributed by atoms with Crippen molar-refractivity contribution in [2.75, 3.05) is 24.8 Å². The lowest BCUT2D eigenvalue weighted by Gasteiger charge is -2.26. The van der Waals surface area contributed by atoms with Crippen LogP contribution in [0.25, 0.3) is 0 Å². The molecule has 0 bridgehead atoms. The summed E-state index contributed by atoms with van der Waals surface area (Å²) in [6.07, 6.45) is 3.66. The summed E-state index contributed by atoms with van der Waals surface area (Å²) in [4.78, 5) is 17.8. The maximum absolute atomic E-state index is 11.6. The molecule has 1 aromatic rings. The first-order valence-corrected chi connectivity index (χ1v) is 6.07. The standard InChI is InChI=1S/C13H21N3O2/c1-5-6-9(2)16(3)12-7-10(13(17)18-4)11(14)8-15-12/h7-9H,5-6,14H2,1-4H3. The van der Waals surface area contributed by atoms with Gasteiger partial charge in [0.25, 0.3) is 0 Å². The summed E-state index contributed by atoms with van der Waals surface area (Å²) < 4.78 is 4.69. The quantitative estimate of drug-likeness (QED) is 0.811. The Balaban J connectivity index is 3.00. The highest BCUT2D eigenvalue weighted by Crippen LogP contribution is 2.20. The number of anilines is 2. The molecule has 0 aliphatic rings. The lowest BCUT2D eigenvalue weighted by atomic mass is 10.1. The molecule has 0 saturated carbocycles. The predicted octanol–water partition coefficient (Wildman–Crippen LogP) is 2.08. The van der Waals surface area contributed by atoms with Gasteiger partial charge in [-0.3, -0.25) is 0 Å². The van der Waals surface area contributed by atoms with Gasteiger partial charge in [0.15, 0.2) is 0 Å². The summed E-state index contributed by atoms with van der Waals surface area (Å²) in [5, 5.41) is 0. The van der Waals surface area contributed by atoms with E-state index in [-0.39, 0.29) is 0 Å². The van der Waals surface area contributed by atoms with Gasteiger partial charge in [-0.1, -0.05) is 13.3 Å². The second-order valence-corrected chi connectivity index (χ2v) is 4.37. The Kier molecular flexibility index (Phi) is 4.95. The van der Waals surface area contributed by atoms with Crippen molar-refractivity contribution < 1.29 is 9.53 Å². The molecule has 1 rings (SSSR count). The molecule has 0 aliphatic carbocycles. The molecule has 0 saturated heterocycles. The normalized spacial score (nSPS) is 12.0. The van der Waals surface area contributed by atoms with Crippen LogP contribution in [0.1, 0.15) is 37.0 Å². The monoisotopic (exact) mass is 251 g/mol. The van der Waals surface area contributed by atoms with E-state index in [9.17, 15) is 4.79 Å². The summed E-state index contributed by atoms with van der Waals surface area (Å²) in [6, 6.07) is 2.03. The molecule has 1 unspecified atom stereocenters. The molecule has 0 amide bonds. The van der Waals surface area contributed by atoms with E-state index in [4.69, 9.17) is 10.5 Å². The highest BCUT2D eigenvalue weighted by atomic mass is 16.5. The fourth-order valence-electron chi connectivity index (χ4n) is 1.77. The van der Waals surface area contributed by atoms with Crippen LogP contribution in [-0.4, -0.2) is 31.2 Å². The number of esters is 1. The number of nitrogens with two attached hydrogens (primary N) is 1. The number of methoxy groups -OCH3 is 1. The van der Waals surface area contributed by atoms with Gasteiger partial charge in [0.1, 0.15) is 5.82 Å². The second kappa shape index (κ2) is 6.23. The first-order chi connectivity index (χ1) is 8.51. The highest BCUT2D eigenvalue weighted by Gasteiger charge is 2.16. The van der Waals surface area contributed by atoms with Crippen molar-refractivity contribution in [2.45, 2.75) is 32.7 Å². The fraction of sp³-hybridized carbons (Fsp3) is 0.538. The third-order valence-electron chi connectivity index (χ3n) is 3.05. The van der Waals surface area contributed by atoms with E-state index < -0.39 is 5.97 Å². The molecule has 0 aromatic carbocycles. The van der Waals surface area contributed by atoms with Crippen LogP contribution in [0.15, 0.2) is 12.3 Å². The third-order valence-corrected chi connectivity index (χ3v) is 3.05. The summed E-state index contributed by atoms with van der Waals surface area (Å²) in [5.41, 5.74) is 6.41. The van der Waals surface area contributed by atoms with Gasteiger partial charge in [0, 0.05) is 13.1 Å². The van der Waals surface area contributed by atoms with Gasteiger partial charge in [-0.25, -0.2) is 9.78 Å².